The van der Waals surface area contributed by atoms with E-state index in [1.807, 2.05) is 19.1 Å². The molecule has 2 aromatic carbocycles. The highest BCUT2D eigenvalue weighted by Gasteiger charge is 2.35. The number of aryl methyl sites for hydroxylation is 2. The number of sulfonamides is 1. The van der Waals surface area contributed by atoms with Crippen molar-refractivity contribution in [3.05, 3.63) is 59.2 Å². The van der Waals surface area contributed by atoms with E-state index < -0.39 is 10.0 Å². The van der Waals surface area contributed by atoms with Crippen molar-refractivity contribution >= 4 is 27.5 Å². The van der Waals surface area contributed by atoms with Crippen LogP contribution >= 0.6 is 0 Å². The van der Waals surface area contributed by atoms with Crippen LogP contribution in [0.2, 0.25) is 0 Å². The van der Waals surface area contributed by atoms with Crippen LogP contribution in [0.4, 0.5) is 5.69 Å². The van der Waals surface area contributed by atoms with E-state index in [0.29, 0.717) is 29.2 Å². The predicted octanol–water partition coefficient (Wildman–Crippen LogP) is 2.82. The van der Waals surface area contributed by atoms with Gasteiger partial charge in [0.2, 0.25) is 15.9 Å². The van der Waals surface area contributed by atoms with Gasteiger partial charge in [0.15, 0.2) is 0 Å². The number of hydrogen-bond donors (Lipinski definition) is 0. The highest BCUT2D eigenvalue weighted by atomic mass is 32.2. The topological polar surface area (TPSA) is 78.0 Å². The van der Waals surface area contributed by atoms with Crippen molar-refractivity contribution in [1.82, 2.24) is 9.21 Å². The second kappa shape index (κ2) is 8.67. The molecule has 1 saturated carbocycles. The van der Waals surface area contributed by atoms with E-state index in [1.165, 1.54) is 4.31 Å². The average Bonchev–Trinajstić information content (AvgIpc) is 3.63. The number of carbonyl (C=O) groups is 2. The van der Waals surface area contributed by atoms with Crippen molar-refractivity contribution in [1.29, 1.82) is 0 Å². The number of amides is 2. The Hall–Kier alpha value is -2.71. The van der Waals surface area contributed by atoms with Crippen molar-refractivity contribution in [3.63, 3.8) is 0 Å². The van der Waals surface area contributed by atoms with Gasteiger partial charge in [-0.2, -0.15) is 4.31 Å². The highest BCUT2D eigenvalue weighted by Crippen LogP contribution is 2.33. The first-order valence-corrected chi connectivity index (χ1v) is 12.4. The number of anilines is 1. The zero-order valence-corrected chi connectivity index (χ0v) is 19.6. The lowest BCUT2D eigenvalue weighted by Gasteiger charge is -2.35. The number of para-hydroxylation sites is 1. The van der Waals surface area contributed by atoms with Gasteiger partial charge < -0.3 is 9.80 Å². The summed E-state index contributed by atoms with van der Waals surface area (Å²) < 4.78 is 27.7. The Morgan fingerprint density at radius 3 is 2.25 bits per heavy atom. The Morgan fingerprint density at radius 2 is 1.62 bits per heavy atom. The van der Waals surface area contributed by atoms with Gasteiger partial charge in [-0.1, -0.05) is 29.8 Å². The quantitative estimate of drug-likeness (QED) is 0.695. The smallest absolute Gasteiger partial charge is 0.256 e. The maximum atomic E-state index is 13.3. The molecule has 8 heteroatoms. The first-order chi connectivity index (χ1) is 15.2. The van der Waals surface area contributed by atoms with Crippen LogP contribution in [0, 0.1) is 19.8 Å². The molecule has 1 aliphatic heterocycles. The second-order valence-corrected chi connectivity index (χ2v) is 10.6. The van der Waals surface area contributed by atoms with E-state index in [0.717, 1.165) is 24.0 Å². The van der Waals surface area contributed by atoms with Gasteiger partial charge in [-0.05, 0) is 50.5 Å². The lowest BCUT2D eigenvalue weighted by molar-refractivity contribution is -0.119. The second-order valence-electron chi connectivity index (χ2n) is 8.65. The summed E-state index contributed by atoms with van der Waals surface area (Å²) >= 11 is 0. The fourth-order valence-corrected chi connectivity index (χ4v) is 5.83. The average molecular weight is 456 g/mol. The summed E-state index contributed by atoms with van der Waals surface area (Å²) in [5.41, 5.74) is 2.80. The molecular formula is C24H29N3O4S. The third-order valence-electron chi connectivity index (χ3n) is 6.23. The van der Waals surface area contributed by atoms with Crippen LogP contribution in [-0.2, 0) is 14.8 Å². The fourth-order valence-electron chi connectivity index (χ4n) is 4.20. The molecule has 2 aromatic rings. The number of rotatable bonds is 5. The minimum Gasteiger partial charge on any atom is -0.336 e. The molecule has 0 N–H and O–H groups in total. The molecule has 0 radical (unpaired) electrons. The van der Waals surface area contributed by atoms with Crippen molar-refractivity contribution in [2.24, 2.45) is 5.92 Å². The largest absolute Gasteiger partial charge is 0.336 e. The van der Waals surface area contributed by atoms with Gasteiger partial charge in [0.25, 0.3) is 5.91 Å². The molecule has 4 rings (SSSR count). The lowest BCUT2D eigenvalue weighted by atomic mass is 10.1. The number of piperazine rings is 1. The predicted molar refractivity (Wildman–Crippen MR) is 123 cm³/mol. The van der Waals surface area contributed by atoms with Crippen molar-refractivity contribution < 1.29 is 18.0 Å². The monoisotopic (exact) mass is 455 g/mol. The van der Waals surface area contributed by atoms with E-state index in [1.54, 1.807) is 54.1 Å². The van der Waals surface area contributed by atoms with Crippen LogP contribution in [0.5, 0.6) is 0 Å². The number of nitrogens with zero attached hydrogens (tertiary/aromatic N) is 3. The molecular weight excluding hydrogens is 426 g/mol. The standard InChI is InChI=1S/C24H29N3O4S/c1-17-8-11-22(18(2)16-17)32(30,31)27-14-12-26(13-15-27)24(29)20-6-4-5-7-21(20)25(3)23(28)19-9-10-19/h4-8,11,16,19H,9-10,12-15H2,1-3H3. The maximum Gasteiger partial charge on any atom is 0.256 e. The molecule has 0 spiro atoms. The van der Waals surface area contributed by atoms with E-state index in [-0.39, 0.29) is 30.8 Å². The van der Waals surface area contributed by atoms with E-state index in [2.05, 4.69) is 0 Å². The van der Waals surface area contributed by atoms with Crippen molar-refractivity contribution in [2.45, 2.75) is 31.6 Å². The Kier molecular flexibility index (Phi) is 6.09. The normalized spacial score (nSPS) is 17.3. The molecule has 32 heavy (non-hydrogen) atoms. The van der Waals surface area contributed by atoms with Gasteiger partial charge in [-0.25, -0.2) is 8.42 Å². The molecule has 2 aliphatic rings. The summed E-state index contributed by atoms with van der Waals surface area (Å²) in [6.07, 6.45) is 1.80. The summed E-state index contributed by atoms with van der Waals surface area (Å²) in [5, 5.41) is 0. The first kappa shape index (κ1) is 22.5. The third-order valence-corrected chi connectivity index (χ3v) is 8.29. The molecule has 0 bridgehead atoms. The molecule has 170 valence electrons. The highest BCUT2D eigenvalue weighted by molar-refractivity contribution is 7.89. The first-order valence-electron chi connectivity index (χ1n) is 10.9. The molecule has 1 saturated heterocycles. The molecule has 1 heterocycles. The van der Waals surface area contributed by atoms with Gasteiger partial charge in [-0.15, -0.1) is 0 Å². The van der Waals surface area contributed by atoms with E-state index in [4.69, 9.17) is 0 Å². The summed E-state index contributed by atoms with van der Waals surface area (Å²) in [7, 11) is -1.91. The van der Waals surface area contributed by atoms with E-state index >= 15 is 0 Å². The van der Waals surface area contributed by atoms with Gasteiger partial charge in [0.1, 0.15) is 0 Å². The summed E-state index contributed by atoms with van der Waals surface area (Å²) in [5.74, 6) is -0.0867. The van der Waals surface area contributed by atoms with Gasteiger partial charge in [0.05, 0.1) is 16.1 Å². The summed E-state index contributed by atoms with van der Waals surface area (Å²) in [4.78, 5) is 29.3. The SMILES string of the molecule is Cc1ccc(S(=O)(=O)N2CCN(C(=O)c3ccccc3N(C)C(=O)C3CC3)CC2)c(C)c1. The maximum absolute atomic E-state index is 13.3. The summed E-state index contributed by atoms with van der Waals surface area (Å²) in [6.45, 7) is 4.81. The third kappa shape index (κ3) is 4.29. The Balaban J connectivity index is 1.48. The number of benzene rings is 2. The molecule has 7 nitrogen and oxygen atoms in total. The molecule has 1 aliphatic carbocycles. The molecule has 2 amide bonds. The van der Waals surface area contributed by atoms with Crippen molar-refractivity contribution in [3.8, 4) is 0 Å². The number of hydrogen-bond acceptors (Lipinski definition) is 4. The van der Waals surface area contributed by atoms with Gasteiger partial charge >= 0.3 is 0 Å². The van der Waals surface area contributed by atoms with Crippen LogP contribution in [0.3, 0.4) is 0 Å². The van der Waals surface area contributed by atoms with Crippen LogP contribution in [0.15, 0.2) is 47.4 Å². The molecule has 0 atom stereocenters. The van der Waals surface area contributed by atoms with Crippen molar-refractivity contribution in [2.75, 3.05) is 38.1 Å². The van der Waals surface area contributed by atoms with Crippen LogP contribution in [-0.4, -0.2) is 62.7 Å². The van der Waals surface area contributed by atoms with Gasteiger partial charge in [-0.3, -0.25) is 9.59 Å². The van der Waals surface area contributed by atoms with Gasteiger partial charge in [0, 0.05) is 39.1 Å². The zero-order valence-electron chi connectivity index (χ0n) is 18.7. The lowest BCUT2D eigenvalue weighted by Crippen LogP contribution is -2.50. The Morgan fingerprint density at radius 1 is 0.969 bits per heavy atom. The number of carbonyl (C=O) groups excluding carboxylic acids is 2. The molecule has 2 fully saturated rings. The minimum atomic E-state index is -3.62. The van der Waals surface area contributed by atoms with Crippen LogP contribution < -0.4 is 4.90 Å². The van der Waals surface area contributed by atoms with E-state index in [9.17, 15) is 18.0 Å². The fraction of sp³-hybridized carbons (Fsp3) is 0.417. The Labute approximate surface area is 189 Å². The Bertz CT molecular complexity index is 1150. The van der Waals surface area contributed by atoms with Crippen LogP contribution in [0.1, 0.15) is 34.3 Å². The zero-order chi connectivity index (χ0) is 23.0. The minimum absolute atomic E-state index is 0.0367. The molecule has 0 unspecified atom stereocenters. The van der Waals surface area contributed by atoms with Crippen LogP contribution in [0.25, 0.3) is 0 Å². The molecule has 0 aromatic heterocycles. The summed E-state index contributed by atoms with van der Waals surface area (Å²) in [6, 6.07) is 12.4.